The summed E-state index contributed by atoms with van der Waals surface area (Å²) in [5, 5.41) is 37.3. The number of carboxylic acid groups (broad SMARTS) is 3. The van der Waals surface area contributed by atoms with E-state index in [4.69, 9.17) is 39.0 Å². The molecular formula is C41H53ClN10O10. The topological polar surface area (TPSA) is 344 Å². The molecule has 1 heterocycles. The molecule has 3 rings (SSSR count). The summed E-state index contributed by atoms with van der Waals surface area (Å²) >= 11 is 5.82. The molecule has 1 aromatic heterocycles. The Balaban J connectivity index is 1.36. The Morgan fingerprint density at radius 2 is 1.26 bits per heavy atom. The molecule has 2 atom stereocenters. The number of carbonyl (C=O) groups is 7. The molecule has 21 heteroatoms. The third-order valence-corrected chi connectivity index (χ3v) is 9.62. The Hall–Kier alpha value is -6.83. The molecule has 334 valence electrons. The van der Waals surface area contributed by atoms with Crippen LogP contribution in [0.1, 0.15) is 92.2 Å². The van der Waals surface area contributed by atoms with E-state index < -0.39 is 53.6 Å². The summed E-state index contributed by atoms with van der Waals surface area (Å²) in [4.78, 5) is 95.2. The number of rotatable bonds is 26. The van der Waals surface area contributed by atoms with Crippen LogP contribution in [0.4, 0.5) is 11.6 Å². The van der Waals surface area contributed by atoms with Gasteiger partial charge in [-0.05, 0) is 80.0 Å². The van der Waals surface area contributed by atoms with E-state index in [1.165, 1.54) is 0 Å². The van der Waals surface area contributed by atoms with Crippen LogP contribution < -0.4 is 38.5 Å². The molecule has 3 aromatic rings. The molecule has 20 nitrogen and oxygen atoms in total. The van der Waals surface area contributed by atoms with Gasteiger partial charge in [-0.3, -0.25) is 39.1 Å². The highest BCUT2D eigenvalue weighted by molar-refractivity contribution is 6.31. The number of aromatic nitrogens is 2. The lowest BCUT2D eigenvalue weighted by molar-refractivity contribution is -0.142. The summed E-state index contributed by atoms with van der Waals surface area (Å²) in [5.74, 6) is -6.11. The van der Waals surface area contributed by atoms with E-state index in [-0.39, 0.29) is 79.9 Å². The van der Waals surface area contributed by atoms with E-state index in [1.54, 1.807) is 0 Å². The maximum atomic E-state index is 12.7. The van der Waals surface area contributed by atoms with Crippen molar-refractivity contribution in [3.8, 4) is 11.1 Å². The predicted molar refractivity (Wildman–Crippen MR) is 230 cm³/mol. The third kappa shape index (κ3) is 18.2. The molecule has 0 aliphatic carbocycles. The Morgan fingerprint density at radius 3 is 1.87 bits per heavy atom. The maximum Gasteiger partial charge on any atom is 0.326 e. The number of carbonyl (C=O) groups excluding carboxylic acids is 4. The highest BCUT2D eigenvalue weighted by Gasteiger charge is 2.23. The normalized spacial score (nSPS) is 12.1. The minimum absolute atomic E-state index is 0.0617. The zero-order valence-electron chi connectivity index (χ0n) is 34.0. The van der Waals surface area contributed by atoms with Crippen LogP contribution >= 0.6 is 11.6 Å². The summed E-state index contributed by atoms with van der Waals surface area (Å²) in [7, 11) is 0. The number of nitrogens with zero attached hydrogens (tertiary/aromatic N) is 3. The second-order valence-corrected chi connectivity index (χ2v) is 14.6. The van der Waals surface area contributed by atoms with Gasteiger partial charge in [0.2, 0.25) is 17.7 Å². The average molecular weight is 881 g/mol. The summed E-state index contributed by atoms with van der Waals surface area (Å²) in [6.45, 7) is 0.507. The van der Waals surface area contributed by atoms with Gasteiger partial charge >= 0.3 is 17.9 Å². The van der Waals surface area contributed by atoms with Gasteiger partial charge in [-0.25, -0.2) is 14.8 Å². The number of halogens is 1. The van der Waals surface area contributed by atoms with Crippen molar-refractivity contribution >= 4 is 70.7 Å². The van der Waals surface area contributed by atoms with E-state index in [9.17, 15) is 38.7 Å². The lowest BCUT2D eigenvalue weighted by atomic mass is 9.99. The molecule has 0 unspecified atom stereocenters. The number of benzene rings is 2. The number of hydrogen-bond donors (Lipinski definition) is 10. The number of nitrogens with one attached hydrogen (secondary N) is 4. The van der Waals surface area contributed by atoms with E-state index >= 15 is 0 Å². The third-order valence-electron chi connectivity index (χ3n) is 9.34. The first kappa shape index (κ1) is 49.5. The molecular weight excluding hydrogens is 828 g/mol. The number of guanidine groups is 1. The van der Waals surface area contributed by atoms with Gasteiger partial charge in [0.15, 0.2) is 28.4 Å². The van der Waals surface area contributed by atoms with Crippen molar-refractivity contribution in [2.45, 2.75) is 95.6 Å². The number of nitrogen functional groups attached to an aromatic ring is 2. The van der Waals surface area contributed by atoms with Gasteiger partial charge in [0.25, 0.3) is 5.91 Å². The van der Waals surface area contributed by atoms with Crippen molar-refractivity contribution in [2.24, 2.45) is 10.7 Å². The first-order chi connectivity index (χ1) is 29.5. The molecule has 2 aromatic carbocycles. The highest BCUT2D eigenvalue weighted by Crippen LogP contribution is 2.22. The van der Waals surface area contributed by atoms with Gasteiger partial charge in [-0.1, -0.05) is 60.1 Å². The first-order valence-electron chi connectivity index (χ1n) is 19.9. The van der Waals surface area contributed by atoms with Crippen molar-refractivity contribution < 1.29 is 48.9 Å². The average Bonchev–Trinajstić information content (AvgIpc) is 3.22. The van der Waals surface area contributed by atoms with Gasteiger partial charge in [-0.15, -0.1) is 0 Å². The Bertz CT molecular complexity index is 2070. The number of nitrogens with two attached hydrogens (primary N) is 3. The van der Waals surface area contributed by atoms with Crippen LogP contribution in [0, 0.1) is 0 Å². The molecule has 0 spiro atoms. The number of amides is 4. The van der Waals surface area contributed by atoms with E-state index in [1.807, 2.05) is 48.5 Å². The fraction of sp³-hybridized carbons (Fsp3) is 0.415. The van der Waals surface area contributed by atoms with E-state index in [0.717, 1.165) is 41.5 Å². The smallest absolute Gasteiger partial charge is 0.326 e. The van der Waals surface area contributed by atoms with Crippen molar-refractivity contribution in [2.75, 3.05) is 24.6 Å². The molecule has 0 saturated carbocycles. The zero-order valence-corrected chi connectivity index (χ0v) is 34.8. The summed E-state index contributed by atoms with van der Waals surface area (Å²) < 4.78 is 0. The highest BCUT2D eigenvalue weighted by atomic mass is 35.5. The van der Waals surface area contributed by atoms with Crippen molar-refractivity contribution in [1.29, 1.82) is 0 Å². The number of hydrogen-bond acceptors (Lipinski definition) is 12. The summed E-state index contributed by atoms with van der Waals surface area (Å²) in [6.07, 6.45) is 2.77. The number of carboxylic acids is 3. The number of unbranched alkanes of at least 4 members (excludes halogenated alkanes) is 2. The van der Waals surface area contributed by atoms with Gasteiger partial charge in [0.05, 0.1) is 0 Å². The minimum atomic E-state index is -1.19. The van der Waals surface area contributed by atoms with Crippen LogP contribution in [0.25, 0.3) is 11.1 Å². The van der Waals surface area contributed by atoms with Gasteiger partial charge in [-0.2, -0.15) is 0 Å². The van der Waals surface area contributed by atoms with Crippen LogP contribution in [-0.4, -0.2) is 98.0 Å². The van der Waals surface area contributed by atoms with Crippen LogP contribution in [-0.2, 0) is 41.6 Å². The van der Waals surface area contributed by atoms with Crippen LogP contribution in [0.5, 0.6) is 0 Å². The molecule has 0 aliphatic rings. The maximum absolute atomic E-state index is 12.7. The largest absolute Gasteiger partial charge is 0.481 e. The molecule has 0 aliphatic heterocycles. The van der Waals surface area contributed by atoms with Crippen molar-refractivity contribution in [1.82, 2.24) is 31.2 Å². The quantitative estimate of drug-likeness (QED) is 0.0314. The number of aliphatic carboxylic acids is 3. The molecule has 0 fully saturated rings. The van der Waals surface area contributed by atoms with E-state index in [2.05, 4.69) is 36.2 Å². The van der Waals surface area contributed by atoms with Crippen LogP contribution in [0.2, 0.25) is 5.15 Å². The fourth-order valence-corrected chi connectivity index (χ4v) is 6.11. The molecule has 0 saturated heterocycles. The zero-order chi connectivity index (χ0) is 45.6. The Morgan fingerprint density at radius 1 is 0.661 bits per heavy atom. The molecule has 4 amide bonds. The number of aryl methyl sites for hydroxylation is 2. The van der Waals surface area contributed by atoms with Crippen LogP contribution in [0.15, 0.2) is 53.5 Å². The molecule has 0 radical (unpaired) electrons. The van der Waals surface area contributed by atoms with E-state index in [0.29, 0.717) is 25.8 Å². The first-order valence-corrected chi connectivity index (χ1v) is 20.3. The number of aliphatic imine (C=N–C) groups is 1. The van der Waals surface area contributed by atoms with Crippen molar-refractivity contribution in [3.63, 3.8) is 0 Å². The monoisotopic (exact) mass is 880 g/mol. The SMILES string of the molecule is NC(=NCCCCc1ccc(-c2ccc(CCC(=O)N[C@@H](CCCCNC(=O)[C@H](CCC(=O)O)NC(=O)CCCC(=O)O)C(=O)O)cc2)cc1)NC(=O)c1nc(Cl)c(N)nc1N. The lowest BCUT2D eigenvalue weighted by Crippen LogP contribution is -2.47. The number of anilines is 2. The van der Waals surface area contributed by atoms with Crippen molar-refractivity contribution in [3.05, 3.63) is 70.5 Å². The summed E-state index contributed by atoms with van der Waals surface area (Å²) in [6, 6.07) is 13.6. The molecule has 0 bridgehead atoms. The predicted octanol–water partition coefficient (Wildman–Crippen LogP) is 2.42. The lowest BCUT2D eigenvalue weighted by Gasteiger charge is -2.18. The van der Waals surface area contributed by atoms with Gasteiger partial charge < -0.3 is 48.5 Å². The fourth-order valence-electron chi connectivity index (χ4n) is 5.99. The van der Waals surface area contributed by atoms with Gasteiger partial charge in [0.1, 0.15) is 12.1 Å². The van der Waals surface area contributed by atoms with Gasteiger partial charge in [0, 0.05) is 38.8 Å². The van der Waals surface area contributed by atoms with Crippen LogP contribution in [0.3, 0.4) is 0 Å². The standard InChI is InChI=1S/C41H53ClN10O10/c42-35-37(44)51-36(43)34(50-35)39(60)52-41(45)47-23-3-1-6-24-10-15-26(16-11-24)27-17-12-25(13-18-27)14-20-31(54)49-29(40(61)62)7-2-4-22-46-38(59)28(19-21-33(57)58)48-30(53)8-5-9-32(55)56/h10-13,15-18,28-29H,1-9,14,19-23H2,(H,46,59)(H,48,53)(H,49,54)(H,55,56)(H,57,58)(H,61,62)(H4,43,44,51)(H3,45,47,52,60)/t28-,29-/m0/s1. The summed E-state index contributed by atoms with van der Waals surface area (Å²) in [5.41, 5.74) is 20.9. The Kier molecular flexibility index (Phi) is 20.5. The molecule has 62 heavy (non-hydrogen) atoms. The minimum Gasteiger partial charge on any atom is -0.481 e. The Labute approximate surface area is 362 Å². The molecule has 13 N–H and O–H groups in total. The second-order valence-electron chi connectivity index (χ2n) is 14.3. The second kappa shape index (κ2) is 25.7.